The number of carbonyl (C=O) groups is 1. The molecule has 0 aromatic heterocycles. The van der Waals surface area contributed by atoms with E-state index in [2.05, 4.69) is 27.3 Å². The van der Waals surface area contributed by atoms with Crippen molar-refractivity contribution >= 4 is 28.6 Å². The van der Waals surface area contributed by atoms with Crippen LogP contribution in [0, 0.1) is 0 Å². The Labute approximate surface area is 74.8 Å². The first-order chi connectivity index (χ1) is 4.81. The van der Waals surface area contributed by atoms with Gasteiger partial charge < -0.3 is 4.74 Å². The summed E-state index contributed by atoms with van der Waals surface area (Å²) in [6.07, 6.45) is 4.23. The second-order valence-electron chi connectivity index (χ2n) is 1.63. The van der Waals surface area contributed by atoms with Crippen LogP contribution in [0.3, 0.4) is 0 Å². The van der Waals surface area contributed by atoms with Gasteiger partial charge in [-0.25, -0.2) is 4.79 Å². The molecule has 0 unspecified atom stereocenters. The molecular formula is C7H11IO2. The van der Waals surface area contributed by atoms with Gasteiger partial charge in [0.05, 0.1) is 6.61 Å². The normalized spacial score (nSPS) is 10.2. The fourth-order valence-corrected chi connectivity index (χ4v) is 0.793. The first-order valence-corrected chi connectivity index (χ1v) is 4.73. The zero-order valence-corrected chi connectivity index (χ0v) is 8.13. The molecule has 0 atom stereocenters. The van der Waals surface area contributed by atoms with E-state index in [-0.39, 0.29) is 5.97 Å². The maximum absolute atomic E-state index is 10.6. The van der Waals surface area contributed by atoms with Crippen molar-refractivity contribution in [2.45, 2.75) is 13.3 Å². The Bertz CT molecular complexity index is 121. The third-order valence-electron chi connectivity index (χ3n) is 0.816. The summed E-state index contributed by atoms with van der Waals surface area (Å²) in [6, 6.07) is 0. The van der Waals surface area contributed by atoms with Crippen molar-refractivity contribution in [2.75, 3.05) is 11.0 Å². The summed E-state index contributed by atoms with van der Waals surface area (Å²) in [5.41, 5.74) is 0. The van der Waals surface area contributed by atoms with Crippen LogP contribution in [0.4, 0.5) is 0 Å². The highest BCUT2D eigenvalue weighted by molar-refractivity contribution is 14.1. The molecule has 0 aliphatic carbocycles. The van der Waals surface area contributed by atoms with Gasteiger partial charge in [-0.2, -0.15) is 0 Å². The topological polar surface area (TPSA) is 26.3 Å². The molecule has 2 nitrogen and oxygen atoms in total. The lowest BCUT2D eigenvalue weighted by atomic mass is 10.4. The van der Waals surface area contributed by atoms with Crippen LogP contribution in [0.2, 0.25) is 0 Å². The van der Waals surface area contributed by atoms with E-state index in [1.165, 1.54) is 6.08 Å². The van der Waals surface area contributed by atoms with Crippen molar-refractivity contribution in [3.05, 3.63) is 12.2 Å². The Morgan fingerprint density at radius 3 is 2.90 bits per heavy atom. The maximum Gasteiger partial charge on any atom is 0.330 e. The zero-order chi connectivity index (χ0) is 7.82. The first kappa shape index (κ1) is 9.94. The van der Waals surface area contributed by atoms with E-state index in [4.69, 9.17) is 0 Å². The molecule has 0 aliphatic heterocycles. The summed E-state index contributed by atoms with van der Waals surface area (Å²) < 4.78 is 5.70. The highest BCUT2D eigenvalue weighted by Crippen LogP contribution is 1.90. The largest absolute Gasteiger partial charge is 0.463 e. The van der Waals surface area contributed by atoms with Gasteiger partial charge in [-0.1, -0.05) is 28.7 Å². The number of carbonyl (C=O) groups excluding carboxylic acids is 1. The summed E-state index contributed by atoms with van der Waals surface area (Å²) in [5, 5.41) is 0. The van der Waals surface area contributed by atoms with Crippen LogP contribution >= 0.6 is 22.6 Å². The van der Waals surface area contributed by atoms with Crippen LogP contribution in [-0.4, -0.2) is 17.0 Å². The molecule has 0 fully saturated rings. The molecule has 0 N–H and O–H groups in total. The van der Waals surface area contributed by atoms with Gasteiger partial charge in [-0.15, -0.1) is 0 Å². The van der Waals surface area contributed by atoms with Crippen LogP contribution < -0.4 is 0 Å². The van der Waals surface area contributed by atoms with Crippen LogP contribution in [-0.2, 0) is 9.53 Å². The summed E-state index contributed by atoms with van der Waals surface area (Å²) in [5.74, 6) is -0.243. The number of alkyl halides is 1. The van der Waals surface area contributed by atoms with Gasteiger partial charge in [0.15, 0.2) is 0 Å². The first-order valence-electron chi connectivity index (χ1n) is 3.20. The molecule has 0 saturated carbocycles. The molecule has 0 spiro atoms. The van der Waals surface area contributed by atoms with E-state index >= 15 is 0 Å². The molecule has 0 aromatic rings. The average molecular weight is 254 g/mol. The number of halogens is 1. The van der Waals surface area contributed by atoms with E-state index in [1.807, 2.05) is 6.08 Å². The smallest absolute Gasteiger partial charge is 0.330 e. The minimum Gasteiger partial charge on any atom is -0.463 e. The standard InChI is InChI=1S/C7H11IO2/c1-2-10-7(9)5-3-4-6-8/h3,5H,2,4,6H2,1H3. The zero-order valence-electron chi connectivity index (χ0n) is 5.97. The molecule has 0 radical (unpaired) electrons. The van der Waals surface area contributed by atoms with Gasteiger partial charge in [-0.3, -0.25) is 0 Å². The Hall–Kier alpha value is -0.0600. The quantitative estimate of drug-likeness (QED) is 0.331. The molecule has 10 heavy (non-hydrogen) atoms. The maximum atomic E-state index is 10.6. The summed E-state index contributed by atoms with van der Waals surface area (Å²) in [4.78, 5) is 10.6. The van der Waals surface area contributed by atoms with Crippen molar-refractivity contribution in [3.8, 4) is 0 Å². The van der Waals surface area contributed by atoms with E-state index in [0.29, 0.717) is 6.61 Å². The second-order valence-corrected chi connectivity index (χ2v) is 2.71. The predicted octanol–water partition coefficient (Wildman–Crippen LogP) is 1.93. The van der Waals surface area contributed by atoms with E-state index in [0.717, 1.165) is 10.8 Å². The van der Waals surface area contributed by atoms with E-state index in [9.17, 15) is 4.79 Å². The van der Waals surface area contributed by atoms with Crippen LogP contribution in [0.1, 0.15) is 13.3 Å². The third-order valence-corrected chi connectivity index (χ3v) is 1.44. The molecule has 0 heterocycles. The molecule has 0 bridgehead atoms. The average Bonchev–Trinajstić information content (AvgIpc) is 1.89. The van der Waals surface area contributed by atoms with Gasteiger partial charge in [0, 0.05) is 10.5 Å². The van der Waals surface area contributed by atoms with Crippen molar-refractivity contribution in [3.63, 3.8) is 0 Å². The number of esters is 1. The highest BCUT2D eigenvalue weighted by atomic mass is 127. The SMILES string of the molecule is CCOC(=O)C=CCCI. The minimum absolute atomic E-state index is 0.243. The van der Waals surface area contributed by atoms with Crippen molar-refractivity contribution in [1.82, 2.24) is 0 Å². The summed E-state index contributed by atoms with van der Waals surface area (Å²) in [6.45, 7) is 2.25. The summed E-state index contributed by atoms with van der Waals surface area (Å²) >= 11 is 2.25. The number of hydrogen-bond donors (Lipinski definition) is 0. The van der Waals surface area contributed by atoms with E-state index < -0.39 is 0 Å². The van der Waals surface area contributed by atoms with E-state index in [1.54, 1.807) is 6.92 Å². The Morgan fingerprint density at radius 2 is 2.40 bits per heavy atom. The van der Waals surface area contributed by atoms with Crippen LogP contribution in [0.5, 0.6) is 0 Å². The van der Waals surface area contributed by atoms with Crippen LogP contribution in [0.25, 0.3) is 0 Å². The van der Waals surface area contributed by atoms with Gasteiger partial charge in [0.2, 0.25) is 0 Å². The molecular weight excluding hydrogens is 243 g/mol. The Balaban J connectivity index is 3.36. The predicted molar refractivity (Wildman–Crippen MR) is 49.3 cm³/mol. The van der Waals surface area contributed by atoms with Crippen molar-refractivity contribution in [1.29, 1.82) is 0 Å². The number of hydrogen-bond acceptors (Lipinski definition) is 2. The van der Waals surface area contributed by atoms with Gasteiger partial charge in [-0.05, 0) is 13.3 Å². The number of allylic oxidation sites excluding steroid dienone is 1. The lowest BCUT2D eigenvalue weighted by Gasteiger charge is -1.92. The fourth-order valence-electron chi connectivity index (χ4n) is 0.433. The lowest BCUT2D eigenvalue weighted by molar-refractivity contribution is -0.137. The second kappa shape index (κ2) is 7.05. The Morgan fingerprint density at radius 1 is 1.70 bits per heavy atom. The molecule has 0 aromatic carbocycles. The molecule has 58 valence electrons. The molecule has 0 saturated heterocycles. The Kier molecular flexibility index (Phi) is 7.01. The van der Waals surface area contributed by atoms with Gasteiger partial charge in [0.25, 0.3) is 0 Å². The molecule has 3 heteroatoms. The molecule has 0 aliphatic rings. The molecule has 0 rings (SSSR count). The minimum atomic E-state index is -0.243. The monoisotopic (exact) mass is 254 g/mol. The number of ether oxygens (including phenoxy) is 1. The summed E-state index contributed by atoms with van der Waals surface area (Å²) in [7, 11) is 0. The highest BCUT2D eigenvalue weighted by Gasteiger charge is 1.90. The van der Waals surface area contributed by atoms with Crippen molar-refractivity contribution in [2.24, 2.45) is 0 Å². The van der Waals surface area contributed by atoms with Gasteiger partial charge >= 0.3 is 5.97 Å². The van der Waals surface area contributed by atoms with Crippen LogP contribution in [0.15, 0.2) is 12.2 Å². The fraction of sp³-hybridized carbons (Fsp3) is 0.571. The third kappa shape index (κ3) is 6.07. The van der Waals surface area contributed by atoms with Crippen molar-refractivity contribution < 1.29 is 9.53 Å². The molecule has 0 amide bonds. The van der Waals surface area contributed by atoms with Gasteiger partial charge in [0.1, 0.15) is 0 Å². The number of rotatable bonds is 4. The lowest BCUT2D eigenvalue weighted by Crippen LogP contribution is -1.98.